The number of sulfonamides is 1. The molecule has 0 aromatic carbocycles. The molecule has 24 heavy (non-hydrogen) atoms. The van der Waals surface area contributed by atoms with E-state index in [1.54, 1.807) is 5.38 Å². The third-order valence-electron chi connectivity index (χ3n) is 4.56. The highest BCUT2D eigenvalue weighted by atomic mass is 32.2. The lowest BCUT2D eigenvalue weighted by molar-refractivity contribution is -0.143. The molecule has 0 unspecified atom stereocenters. The quantitative estimate of drug-likeness (QED) is 0.864. The Bertz CT molecular complexity index is 737. The van der Waals surface area contributed by atoms with Gasteiger partial charge in [0.1, 0.15) is 9.77 Å². The number of likely N-dealkylation sites (tertiary alicyclic amines) is 1. The molecule has 3 heterocycles. The molecule has 1 N–H and O–H groups in total. The van der Waals surface area contributed by atoms with Gasteiger partial charge in [0, 0.05) is 26.2 Å². The molecule has 3 rings (SSSR count). The van der Waals surface area contributed by atoms with Crippen LogP contribution in [0.4, 0.5) is 0 Å². The van der Waals surface area contributed by atoms with Gasteiger partial charge in [0.25, 0.3) is 5.91 Å². The van der Waals surface area contributed by atoms with Crippen LogP contribution in [-0.4, -0.2) is 60.8 Å². The Kier molecular flexibility index (Phi) is 4.93. The van der Waals surface area contributed by atoms with Crippen LogP contribution in [0.25, 0.3) is 0 Å². The maximum absolute atomic E-state index is 12.8. The van der Waals surface area contributed by atoms with Crippen LogP contribution in [0.3, 0.4) is 0 Å². The van der Waals surface area contributed by atoms with Crippen molar-refractivity contribution in [2.75, 3.05) is 26.2 Å². The second-order valence-electron chi connectivity index (χ2n) is 6.15. The summed E-state index contributed by atoms with van der Waals surface area (Å²) in [6.07, 6.45) is 2.82. The van der Waals surface area contributed by atoms with Gasteiger partial charge in [-0.2, -0.15) is 4.31 Å². The van der Waals surface area contributed by atoms with Crippen molar-refractivity contribution in [3.63, 3.8) is 0 Å². The normalized spacial score (nSPS) is 22.7. The molecule has 0 spiro atoms. The van der Waals surface area contributed by atoms with Gasteiger partial charge in [0.15, 0.2) is 0 Å². The van der Waals surface area contributed by atoms with E-state index in [2.05, 4.69) is 0 Å². The van der Waals surface area contributed by atoms with Gasteiger partial charge in [-0.05, 0) is 37.1 Å². The summed E-state index contributed by atoms with van der Waals surface area (Å²) in [4.78, 5) is 25.7. The number of hydrogen-bond acceptors (Lipinski definition) is 5. The topological polar surface area (TPSA) is 95.0 Å². The maximum Gasteiger partial charge on any atom is 0.308 e. The molecular formula is C15H20N2O5S2. The Morgan fingerprint density at radius 3 is 2.54 bits per heavy atom. The number of carbonyl (C=O) groups is 2. The minimum absolute atomic E-state index is 0.0526. The third kappa shape index (κ3) is 3.20. The summed E-state index contributed by atoms with van der Waals surface area (Å²) in [5.41, 5.74) is 0. The van der Waals surface area contributed by atoms with E-state index in [-0.39, 0.29) is 22.2 Å². The van der Waals surface area contributed by atoms with Crippen LogP contribution in [-0.2, 0) is 14.8 Å². The number of carboxylic acids is 1. The number of nitrogens with zero attached hydrogens (tertiary/aromatic N) is 2. The van der Waals surface area contributed by atoms with E-state index in [1.807, 2.05) is 0 Å². The van der Waals surface area contributed by atoms with Gasteiger partial charge in [-0.1, -0.05) is 0 Å². The van der Waals surface area contributed by atoms with Crippen LogP contribution in [0.1, 0.15) is 35.4 Å². The molecule has 1 aromatic heterocycles. The minimum Gasteiger partial charge on any atom is -0.481 e. The number of amides is 1. The molecule has 0 saturated carbocycles. The Balaban J connectivity index is 1.84. The molecule has 2 fully saturated rings. The van der Waals surface area contributed by atoms with Crippen molar-refractivity contribution in [3.8, 4) is 0 Å². The van der Waals surface area contributed by atoms with Crippen molar-refractivity contribution in [3.05, 3.63) is 16.3 Å². The first-order valence-corrected chi connectivity index (χ1v) is 10.3. The molecular weight excluding hydrogens is 352 g/mol. The minimum atomic E-state index is -3.66. The number of rotatable bonds is 4. The van der Waals surface area contributed by atoms with Crippen LogP contribution in [0.2, 0.25) is 0 Å². The molecule has 0 bridgehead atoms. The van der Waals surface area contributed by atoms with Gasteiger partial charge in [-0.15, -0.1) is 11.3 Å². The molecule has 9 heteroatoms. The van der Waals surface area contributed by atoms with Crippen LogP contribution in [0, 0.1) is 5.92 Å². The van der Waals surface area contributed by atoms with Gasteiger partial charge in [0.05, 0.1) is 5.92 Å². The fourth-order valence-electron chi connectivity index (χ4n) is 3.23. The first-order chi connectivity index (χ1) is 11.4. The molecule has 1 atom stereocenters. The van der Waals surface area contributed by atoms with Crippen molar-refractivity contribution < 1.29 is 23.1 Å². The predicted molar refractivity (Wildman–Crippen MR) is 88.6 cm³/mol. The highest BCUT2D eigenvalue weighted by Gasteiger charge is 2.35. The van der Waals surface area contributed by atoms with E-state index in [9.17, 15) is 18.0 Å². The lowest BCUT2D eigenvalue weighted by Gasteiger charge is -2.30. The molecule has 0 aliphatic carbocycles. The first-order valence-electron chi connectivity index (χ1n) is 8.01. The van der Waals surface area contributed by atoms with Crippen LogP contribution >= 0.6 is 11.3 Å². The number of aliphatic carboxylic acids is 1. The highest BCUT2D eigenvalue weighted by Crippen LogP contribution is 2.30. The monoisotopic (exact) mass is 372 g/mol. The van der Waals surface area contributed by atoms with E-state index >= 15 is 0 Å². The van der Waals surface area contributed by atoms with Crippen molar-refractivity contribution in [1.29, 1.82) is 0 Å². The number of carboxylic acid groups (broad SMARTS) is 1. The van der Waals surface area contributed by atoms with Gasteiger partial charge >= 0.3 is 5.97 Å². The number of hydrogen-bond donors (Lipinski definition) is 1. The fraction of sp³-hybridized carbons (Fsp3) is 0.600. The Labute approximate surface area is 144 Å². The smallest absolute Gasteiger partial charge is 0.308 e. The van der Waals surface area contributed by atoms with Gasteiger partial charge in [-0.3, -0.25) is 9.59 Å². The molecule has 1 aromatic rings. The van der Waals surface area contributed by atoms with Crippen LogP contribution in [0.15, 0.2) is 16.3 Å². The molecule has 132 valence electrons. The van der Waals surface area contributed by atoms with Crippen molar-refractivity contribution >= 4 is 33.2 Å². The molecule has 2 aliphatic heterocycles. The maximum atomic E-state index is 12.8. The summed E-state index contributed by atoms with van der Waals surface area (Å²) in [6.45, 7) is 1.56. The lowest BCUT2D eigenvalue weighted by Crippen LogP contribution is -2.42. The summed E-state index contributed by atoms with van der Waals surface area (Å²) in [7, 11) is -3.66. The van der Waals surface area contributed by atoms with E-state index in [4.69, 9.17) is 5.11 Å². The van der Waals surface area contributed by atoms with Crippen molar-refractivity contribution in [2.24, 2.45) is 5.92 Å². The summed E-state index contributed by atoms with van der Waals surface area (Å²) < 4.78 is 26.9. The second-order valence-corrected chi connectivity index (χ2v) is 8.98. The van der Waals surface area contributed by atoms with E-state index in [0.717, 1.165) is 24.2 Å². The predicted octanol–water partition coefficient (Wildman–Crippen LogP) is 1.47. The van der Waals surface area contributed by atoms with Crippen molar-refractivity contribution in [2.45, 2.75) is 30.6 Å². The zero-order valence-electron chi connectivity index (χ0n) is 13.2. The third-order valence-corrected chi connectivity index (χ3v) is 7.54. The summed E-state index contributed by atoms with van der Waals surface area (Å²) in [5.74, 6) is -1.88. The number of thiophene rings is 1. The van der Waals surface area contributed by atoms with E-state index in [1.165, 1.54) is 15.3 Å². The molecule has 0 radical (unpaired) electrons. The molecule has 7 nitrogen and oxygen atoms in total. The zero-order chi connectivity index (χ0) is 17.3. The first kappa shape index (κ1) is 17.4. The molecule has 2 aliphatic rings. The number of carbonyl (C=O) groups excluding carboxylic acids is 1. The van der Waals surface area contributed by atoms with Crippen LogP contribution < -0.4 is 0 Å². The zero-order valence-corrected chi connectivity index (χ0v) is 14.8. The Morgan fingerprint density at radius 1 is 1.17 bits per heavy atom. The Hall–Kier alpha value is -1.45. The summed E-state index contributed by atoms with van der Waals surface area (Å²) in [6, 6.07) is 1.48. The van der Waals surface area contributed by atoms with Crippen molar-refractivity contribution in [1.82, 2.24) is 9.21 Å². The van der Waals surface area contributed by atoms with Gasteiger partial charge in [0.2, 0.25) is 10.0 Å². The average Bonchev–Trinajstić information content (AvgIpc) is 3.26. The van der Waals surface area contributed by atoms with E-state index in [0.29, 0.717) is 32.5 Å². The molecule has 1 amide bonds. The average molecular weight is 372 g/mol. The fourth-order valence-corrected chi connectivity index (χ4v) is 6.11. The summed E-state index contributed by atoms with van der Waals surface area (Å²) >= 11 is 1.10. The highest BCUT2D eigenvalue weighted by molar-refractivity contribution is 7.89. The standard InChI is InChI=1S/C15H20N2O5S2/c18-14(16-6-3-4-11(10-16)15(19)20)13-12(5-9-23-13)24(21,22)17-7-1-2-8-17/h5,9,11H,1-4,6-8,10H2,(H,19,20)/t11-/m0/s1. The molecule has 2 saturated heterocycles. The van der Waals surface area contributed by atoms with Gasteiger partial charge < -0.3 is 10.0 Å². The Morgan fingerprint density at radius 2 is 1.88 bits per heavy atom. The van der Waals surface area contributed by atoms with Crippen LogP contribution in [0.5, 0.6) is 0 Å². The van der Waals surface area contributed by atoms with Gasteiger partial charge in [-0.25, -0.2) is 8.42 Å². The second kappa shape index (κ2) is 6.81. The SMILES string of the molecule is O=C(O)[C@H]1CCCN(C(=O)c2sccc2S(=O)(=O)N2CCCC2)C1. The summed E-state index contributed by atoms with van der Waals surface area (Å²) in [5, 5.41) is 10.8. The lowest BCUT2D eigenvalue weighted by atomic mass is 9.98. The number of piperidine rings is 1. The largest absolute Gasteiger partial charge is 0.481 e. The van der Waals surface area contributed by atoms with E-state index < -0.39 is 21.9 Å².